The molecular formula is C20H16ClF2N5O2. The maximum atomic E-state index is 14.1. The molecule has 30 heavy (non-hydrogen) atoms. The second kappa shape index (κ2) is 8.21. The van der Waals surface area contributed by atoms with Crippen LogP contribution in [0.3, 0.4) is 0 Å². The van der Waals surface area contributed by atoms with Gasteiger partial charge in [0.2, 0.25) is 0 Å². The molecular weight excluding hydrogens is 416 g/mol. The molecule has 2 aromatic heterocycles. The van der Waals surface area contributed by atoms with Gasteiger partial charge in [-0.05, 0) is 25.1 Å². The third-order valence-corrected chi connectivity index (χ3v) is 4.49. The molecule has 0 bridgehead atoms. The van der Waals surface area contributed by atoms with Crippen molar-refractivity contribution in [3.8, 4) is 22.9 Å². The van der Waals surface area contributed by atoms with Crippen molar-refractivity contribution < 1.29 is 18.6 Å². The fraction of sp³-hybridized carbons (Fsp3) is 0.150. The molecule has 1 atom stereocenters. The molecule has 3 N–H and O–H groups in total. The average molecular weight is 432 g/mol. The number of rotatable bonds is 6. The number of nitrogens with zero attached hydrogens (tertiary/aromatic N) is 3. The molecule has 4 aromatic rings. The number of hydrogen-bond donors (Lipinski definition) is 3. The monoisotopic (exact) mass is 431 g/mol. The third kappa shape index (κ3) is 4.03. The van der Waals surface area contributed by atoms with E-state index in [0.29, 0.717) is 27.9 Å². The first-order valence-corrected chi connectivity index (χ1v) is 9.36. The molecule has 2 heterocycles. The molecule has 0 fully saturated rings. The number of aliphatic hydroxyl groups excluding tert-OH is 1. The smallest absolute Gasteiger partial charge is 0.265 e. The van der Waals surface area contributed by atoms with E-state index in [4.69, 9.17) is 16.3 Å². The standard InChI is InChI=1S/C20H16ClF2N5O2/c1-10(29)9-24-19-20(30-15-7-6-11(22)8-14(15)23)26-18-17(25-19)16(27-28-18)12-4-2-3-5-13(12)21/h2-8,10,29H,9H2,1H3,(H,24,25)(H,26,27,28)/t10-/m1/s1. The molecule has 10 heteroatoms. The number of aliphatic hydroxyl groups is 1. The van der Waals surface area contributed by atoms with Gasteiger partial charge < -0.3 is 15.2 Å². The zero-order valence-corrected chi connectivity index (χ0v) is 16.4. The first kappa shape index (κ1) is 20.0. The average Bonchev–Trinajstić information content (AvgIpc) is 3.11. The van der Waals surface area contributed by atoms with Crippen molar-refractivity contribution in [1.82, 2.24) is 20.2 Å². The van der Waals surface area contributed by atoms with E-state index in [0.717, 1.165) is 12.1 Å². The number of H-pyrrole nitrogens is 1. The Kier molecular flexibility index (Phi) is 5.47. The summed E-state index contributed by atoms with van der Waals surface area (Å²) >= 11 is 6.28. The summed E-state index contributed by atoms with van der Waals surface area (Å²) in [5.74, 6) is -1.76. The predicted molar refractivity (Wildman–Crippen MR) is 109 cm³/mol. The maximum Gasteiger partial charge on any atom is 0.265 e. The van der Waals surface area contributed by atoms with Gasteiger partial charge in [0.1, 0.15) is 17.0 Å². The quantitative estimate of drug-likeness (QED) is 0.415. The van der Waals surface area contributed by atoms with Crippen LogP contribution in [0.25, 0.3) is 22.4 Å². The van der Waals surface area contributed by atoms with Gasteiger partial charge >= 0.3 is 0 Å². The van der Waals surface area contributed by atoms with Crippen molar-refractivity contribution in [2.45, 2.75) is 13.0 Å². The summed E-state index contributed by atoms with van der Waals surface area (Å²) in [4.78, 5) is 8.85. The molecule has 2 aromatic carbocycles. The van der Waals surface area contributed by atoms with Crippen LogP contribution in [-0.2, 0) is 0 Å². The van der Waals surface area contributed by atoms with Crippen LogP contribution in [0.2, 0.25) is 5.02 Å². The summed E-state index contributed by atoms with van der Waals surface area (Å²) in [6, 6.07) is 10.1. The minimum absolute atomic E-state index is 0.0667. The Hall–Kier alpha value is -3.30. The number of aromatic amines is 1. The van der Waals surface area contributed by atoms with E-state index >= 15 is 0 Å². The first-order chi connectivity index (χ1) is 14.4. The van der Waals surface area contributed by atoms with Crippen molar-refractivity contribution in [2.24, 2.45) is 0 Å². The summed E-state index contributed by atoms with van der Waals surface area (Å²) in [6.45, 7) is 1.73. The molecule has 0 saturated carbocycles. The Labute approximate surface area is 174 Å². The highest BCUT2D eigenvalue weighted by Crippen LogP contribution is 2.34. The molecule has 0 saturated heterocycles. The van der Waals surface area contributed by atoms with Crippen molar-refractivity contribution >= 4 is 28.6 Å². The molecule has 0 amide bonds. The highest BCUT2D eigenvalue weighted by molar-refractivity contribution is 6.33. The normalized spacial score (nSPS) is 12.2. The maximum absolute atomic E-state index is 14.1. The van der Waals surface area contributed by atoms with Crippen LogP contribution in [0, 0.1) is 11.6 Å². The van der Waals surface area contributed by atoms with Crippen LogP contribution in [0.1, 0.15) is 6.92 Å². The second-order valence-corrected chi connectivity index (χ2v) is 6.94. The largest absolute Gasteiger partial charge is 0.433 e. The van der Waals surface area contributed by atoms with Crippen LogP contribution in [0.5, 0.6) is 11.6 Å². The fourth-order valence-electron chi connectivity index (χ4n) is 2.76. The zero-order chi connectivity index (χ0) is 21.3. The van der Waals surface area contributed by atoms with E-state index in [1.807, 2.05) is 6.07 Å². The summed E-state index contributed by atoms with van der Waals surface area (Å²) < 4.78 is 32.8. The first-order valence-electron chi connectivity index (χ1n) is 8.98. The van der Waals surface area contributed by atoms with Crippen LogP contribution < -0.4 is 10.1 Å². The molecule has 0 aliphatic heterocycles. The van der Waals surface area contributed by atoms with Gasteiger partial charge in [0, 0.05) is 18.2 Å². The van der Waals surface area contributed by atoms with Crippen LogP contribution in [0.15, 0.2) is 42.5 Å². The van der Waals surface area contributed by atoms with E-state index in [-0.39, 0.29) is 29.6 Å². The number of anilines is 1. The molecule has 0 spiro atoms. The van der Waals surface area contributed by atoms with Crippen molar-refractivity contribution in [3.63, 3.8) is 0 Å². The second-order valence-electron chi connectivity index (χ2n) is 6.53. The van der Waals surface area contributed by atoms with E-state index in [2.05, 4.69) is 25.5 Å². The Morgan fingerprint density at radius 1 is 1.20 bits per heavy atom. The number of nitrogens with one attached hydrogen (secondary N) is 2. The van der Waals surface area contributed by atoms with Crippen molar-refractivity contribution in [3.05, 3.63) is 59.1 Å². The number of hydrogen-bond acceptors (Lipinski definition) is 6. The minimum atomic E-state index is -0.889. The molecule has 0 radical (unpaired) electrons. The van der Waals surface area contributed by atoms with Gasteiger partial charge in [-0.3, -0.25) is 5.10 Å². The van der Waals surface area contributed by atoms with Gasteiger partial charge in [0.15, 0.2) is 23.0 Å². The van der Waals surface area contributed by atoms with Gasteiger partial charge in [-0.1, -0.05) is 29.8 Å². The number of fused-ring (bicyclic) bond motifs is 1. The Bertz CT molecular complexity index is 1220. The highest BCUT2D eigenvalue weighted by atomic mass is 35.5. The molecule has 154 valence electrons. The zero-order valence-electron chi connectivity index (χ0n) is 15.7. The SMILES string of the molecule is C[C@@H](O)CNc1nc2c(-c3ccccc3Cl)n[nH]c2nc1Oc1ccc(F)cc1F. The number of aromatic nitrogens is 4. The number of ether oxygens (including phenoxy) is 1. The lowest BCUT2D eigenvalue weighted by Gasteiger charge is -2.13. The molecule has 0 aliphatic carbocycles. The van der Waals surface area contributed by atoms with E-state index < -0.39 is 17.7 Å². The highest BCUT2D eigenvalue weighted by Gasteiger charge is 2.19. The summed E-state index contributed by atoms with van der Waals surface area (Å²) in [6.07, 6.45) is -0.690. The molecule has 0 aliphatic rings. The molecule has 4 rings (SSSR count). The number of halogens is 3. The van der Waals surface area contributed by atoms with Crippen molar-refractivity contribution in [1.29, 1.82) is 0 Å². The van der Waals surface area contributed by atoms with E-state index in [9.17, 15) is 13.9 Å². The fourth-order valence-corrected chi connectivity index (χ4v) is 2.98. The van der Waals surface area contributed by atoms with E-state index in [1.165, 1.54) is 0 Å². The van der Waals surface area contributed by atoms with Crippen LogP contribution in [-0.4, -0.2) is 37.9 Å². The van der Waals surface area contributed by atoms with E-state index in [1.54, 1.807) is 25.1 Å². The molecule has 7 nitrogen and oxygen atoms in total. The summed E-state index contributed by atoms with van der Waals surface area (Å²) in [7, 11) is 0. The third-order valence-electron chi connectivity index (χ3n) is 4.16. The van der Waals surface area contributed by atoms with Gasteiger partial charge in [-0.2, -0.15) is 10.1 Å². The lowest BCUT2D eigenvalue weighted by molar-refractivity contribution is 0.208. The lowest BCUT2D eigenvalue weighted by Crippen LogP contribution is -2.17. The van der Waals surface area contributed by atoms with Gasteiger partial charge in [0.25, 0.3) is 5.88 Å². The topological polar surface area (TPSA) is 96.0 Å². The van der Waals surface area contributed by atoms with Gasteiger partial charge in [-0.25, -0.2) is 13.8 Å². The predicted octanol–water partition coefficient (Wildman–Crippen LogP) is 4.54. The number of benzene rings is 2. The van der Waals surface area contributed by atoms with Crippen LogP contribution >= 0.6 is 11.6 Å². The lowest BCUT2D eigenvalue weighted by atomic mass is 10.1. The van der Waals surface area contributed by atoms with Crippen molar-refractivity contribution in [2.75, 3.05) is 11.9 Å². The molecule has 0 unspecified atom stereocenters. The Morgan fingerprint density at radius 2 is 2.00 bits per heavy atom. The van der Waals surface area contributed by atoms with Gasteiger partial charge in [0.05, 0.1) is 11.1 Å². The Morgan fingerprint density at radius 3 is 2.73 bits per heavy atom. The van der Waals surface area contributed by atoms with Crippen LogP contribution in [0.4, 0.5) is 14.6 Å². The minimum Gasteiger partial charge on any atom is -0.433 e. The summed E-state index contributed by atoms with van der Waals surface area (Å²) in [5.41, 5.74) is 1.82. The summed E-state index contributed by atoms with van der Waals surface area (Å²) in [5, 5.41) is 20.0. The Balaban J connectivity index is 1.81. The van der Waals surface area contributed by atoms with Gasteiger partial charge in [-0.15, -0.1) is 0 Å².